The minimum Gasteiger partial charge on any atom is -0.286 e. The van der Waals surface area contributed by atoms with Gasteiger partial charge in [0.2, 0.25) is 10.5 Å². The smallest absolute Gasteiger partial charge is 0.265 e. The van der Waals surface area contributed by atoms with Crippen molar-refractivity contribution >= 4 is 53.1 Å². The number of aromatic nitrogens is 1. The predicted octanol–water partition coefficient (Wildman–Crippen LogP) is 2.99. The summed E-state index contributed by atoms with van der Waals surface area (Å²) in [7, 11) is -3.88. The Morgan fingerprint density at radius 2 is 2.10 bits per heavy atom. The number of nitrogens with zero attached hydrogens (tertiary/aromatic N) is 1. The van der Waals surface area contributed by atoms with Crippen LogP contribution in [-0.2, 0) is 16.7 Å². The van der Waals surface area contributed by atoms with Crippen molar-refractivity contribution in [2.24, 2.45) is 0 Å². The number of rotatable bonds is 4. The topological polar surface area (TPSA) is 58.2 Å². The van der Waals surface area contributed by atoms with Gasteiger partial charge in [-0.25, -0.2) is 0 Å². The maximum atomic E-state index is 10.8. The Bertz CT molecular complexity index is 877. The van der Waals surface area contributed by atoms with Crippen LogP contribution in [0.4, 0.5) is 0 Å². The first-order chi connectivity index (χ1) is 9.46. The highest BCUT2D eigenvalue weighted by Crippen LogP contribution is 2.31. The van der Waals surface area contributed by atoms with Crippen molar-refractivity contribution < 1.29 is 17.5 Å². The average Bonchev–Trinajstić information content (AvgIpc) is 2.92. The van der Waals surface area contributed by atoms with Crippen LogP contribution < -0.4 is 4.57 Å². The van der Waals surface area contributed by atoms with Gasteiger partial charge in [0.05, 0.1) is 5.75 Å². The highest BCUT2D eigenvalue weighted by atomic mass is 32.2. The summed E-state index contributed by atoms with van der Waals surface area (Å²) in [6.45, 7) is 2.64. The Kier molecular flexibility index (Phi) is 3.53. The molecule has 0 saturated heterocycles. The van der Waals surface area contributed by atoms with Crippen LogP contribution in [0.1, 0.15) is 11.4 Å². The molecule has 2 aromatic heterocycles. The van der Waals surface area contributed by atoms with E-state index in [1.807, 2.05) is 6.92 Å². The quantitative estimate of drug-likeness (QED) is 0.592. The molecule has 0 aliphatic carbocycles. The minimum absolute atomic E-state index is 0.197. The molecule has 3 rings (SSSR count). The summed E-state index contributed by atoms with van der Waals surface area (Å²) in [6.07, 6.45) is 0.415. The van der Waals surface area contributed by atoms with E-state index in [9.17, 15) is 8.42 Å². The van der Waals surface area contributed by atoms with Gasteiger partial charge in [-0.1, -0.05) is 17.4 Å². The lowest BCUT2D eigenvalue weighted by atomic mass is 10.2. The first-order valence-corrected chi connectivity index (χ1v) is 9.50. The molecule has 0 fully saturated rings. The van der Waals surface area contributed by atoms with Gasteiger partial charge in [0.25, 0.3) is 10.1 Å². The lowest BCUT2D eigenvalue weighted by Crippen LogP contribution is -2.35. The molecule has 0 atom stereocenters. The first kappa shape index (κ1) is 13.9. The summed E-state index contributed by atoms with van der Waals surface area (Å²) in [4.78, 5) is 0. The van der Waals surface area contributed by atoms with Crippen molar-refractivity contribution in [3.8, 4) is 0 Å². The zero-order chi connectivity index (χ0) is 14.3. The van der Waals surface area contributed by atoms with Crippen LogP contribution in [0, 0.1) is 6.92 Å². The van der Waals surface area contributed by atoms with Crippen LogP contribution in [0.15, 0.2) is 23.6 Å². The van der Waals surface area contributed by atoms with E-state index in [-0.39, 0.29) is 5.75 Å². The molecule has 0 aliphatic rings. The highest BCUT2D eigenvalue weighted by Gasteiger charge is 2.21. The van der Waals surface area contributed by atoms with E-state index in [4.69, 9.17) is 4.55 Å². The fourth-order valence-electron chi connectivity index (χ4n) is 2.38. The van der Waals surface area contributed by atoms with Crippen LogP contribution in [0.25, 0.3) is 20.3 Å². The van der Waals surface area contributed by atoms with Crippen molar-refractivity contribution in [2.45, 2.75) is 19.9 Å². The van der Waals surface area contributed by atoms with E-state index in [1.54, 1.807) is 22.7 Å². The van der Waals surface area contributed by atoms with E-state index in [1.165, 1.54) is 20.3 Å². The number of hydrogen-bond donors (Lipinski definition) is 1. The summed E-state index contributed by atoms with van der Waals surface area (Å²) in [5, 5.41) is 4.43. The van der Waals surface area contributed by atoms with E-state index >= 15 is 0 Å². The van der Waals surface area contributed by atoms with Gasteiger partial charge in [-0.2, -0.15) is 13.0 Å². The summed E-state index contributed by atoms with van der Waals surface area (Å²) in [6, 6.07) is 6.32. The molecule has 4 nitrogen and oxygen atoms in total. The average molecular weight is 328 g/mol. The molecule has 0 radical (unpaired) electrons. The molecular formula is C13H14NO3S3+. The molecule has 0 unspecified atom stereocenters. The van der Waals surface area contributed by atoms with Crippen LogP contribution >= 0.6 is 22.7 Å². The van der Waals surface area contributed by atoms with E-state index in [0.29, 0.717) is 13.0 Å². The Hall–Kier alpha value is -1.02. The van der Waals surface area contributed by atoms with Gasteiger partial charge < -0.3 is 0 Å². The molecule has 0 spiro atoms. The maximum absolute atomic E-state index is 10.8. The third-order valence-electron chi connectivity index (χ3n) is 3.25. The Labute approximate surface area is 125 Å². The first-order valence-electron chi connectivity index (χ1n) is 6.20. The summed E-state index contributed by atoms with van der Waals surface area (Å²) < 4.78 is 35.1. The van der Waals surface area contributed by atoms with Crippen molar-refractivity contribution in [1.29, 1.82) is 0 Å². The molecular weight excluding hydrogens is 314 g/mol. The van der Waals surface area contributed by atoms with Gasteiger partial charge >= 0.3 is 0 Å². The van der Waals surface area contributed by atoms with E-state index in [2.05, 4.69) is 28.1 Å². The maximum Gasteiger partial charge on any atom is 0.265 e. The van der Waals surface area contributed by atoms with Gasteiger partial charge in [-0.05, 0) is 22.9 Å². The molecule has 20 heavy (non-hydrogen) atoms. The monoisotopic (exact) mass is 328 g/mol. The van der Waals surface area contributed by atoms with E-state index in [0.717, 1.165) is 5.01 Å². The molecule has 0 aliphatic heterocycles. The highest BCUT2D eigenvalue weighted by molar-refractivity contribution is 7.85. The molecule has 1 N–H and O–H groups in total. The van der Waals surface area contributed by atoms with Crippen LogP contribution in [0.3, 0.4) is 0 Å². The van der Waals surface area contributed by atoms with Gasteiger partial charge in [-0.15, -0.1) is 11.3 Å². The number of hydrogen-bond acceptors (Lipinski definition) is 4. The zero-order valence-electron chi connectivity index (χ0n) is 10.9. The van der Waals surface area contributed by atoms with Crippen LogP contribution in [0.2, 0.25) is 0 Å². The van der Waals surface area contributed by atoms with E-state index < -0.39 is 10.1 Å². The second-order valence-corrected chi connectivity index (χ2v) is 8.39. The van der Waals surface area contributed by atoms with Crippen molar-refractivity contribution in [1.82, 2.24) is 0 Å². The number of benzene rings is 1. The number of thiazole rings is 1. The molecule has 0 saturated carbocycles. The molecule has 0 bridgehead atoms. The SMILES string of the molecule is Cc1sc2ccc3ccsc3c2[n+]1CCCS(=O)(=O)O. The normalized spacial score (nSPS) is 12.5. The zero-order valence-corrected chi connectivity index (χ0v) is 13.3. The molecule has 7 heteroatoms. The molecule has 0 amide bonds. The third kappa shape index (κ3) is 2.58. The van der Waals surface area contributed by atoms with Gasteiger partial charge in [0.1, 0.15) is 9.40 Å². The number of thiophene rings is 1. The van der Waals surface area contributed by atoms with Crippen LogP contribution in [0.5, 0.6) is 0 Å². The second-order valence-electron chi connectivity index (χ2n) is 4.66. The number of aryl methyl sites for hydroxylation is 2. The largest absolute Gasteiger partial charge is 0.286 e. The fourth-order valence-corrected chi connectivity index (χ4v) is 4.95. The van der Waals surface area contributed by atoms with Crippen LogP contribution in [-0.4, -0.2) is 18.7 Å². The second kappa shape index (κ2) is 5.07. The van der Waals surface area contributed by atoms with Gasteiger partial charge in [0, 0.05) is 13.3 Å². The van der Waals surface area contributed by atoms with Crippen molar-refractivity contribution in [3.63, 3.8) is 0 Å². The van der Waals surface area contributed by atoms with Crippen molar-refractivity contribution in [2.75, 3.05) is 5.75 Å². The number of fused-ring (bicyclic) bond motifs is 3. The van der Waals surface area contributed by atoms with Gasteiger partial charge in [-0.3, -0.25) is 4.55 Å². The third-order valence-corrected chi connectivity index (χ3v) is 6.06. The molecule has 1 aromatic carbocycles. The minimum atomic E-state index is -3.88. The molecule has 3 aromatic rings. The van der Waals surface area contributed by atoms with Crippen molar-refractivity contribution in [3.05, 3.63) is 28.6 Å². The standard InChI is InChI=1S/C13H13NO3S3/c1-9-14(6-2-8-20(15,16)17)12-11(19-9)4-3-10-5-7-18-13(10)12/h3-5,7H,2,6,8H2,1H3/p+1. The Morgan fingerprint density at radius 3 is 2.85 bits per heavy atom. The summed E-state index contributed by atoms with van der Waals surface area (Å²) in [5.41, 5.74) is 1.18. The van der Waals surface area contributed by atoms with Gasteiger partial charge in [0.15, 0.2) is 6.54 Å². The fraction of sp³-hybridized carbons (Fsp3) is 0.308. The Balaban J connectivity index is 2.05. The lowest BCUT2D eigenvalue weighted by molar-refractivity contribution is -0.672. The Morgan fingerprint density at radius 1 is 1.30 bits per heavy atom. The molecule has 106 valence electrons. The summed E-state index contributed by atoms with van der Waals surface area (Å²) in [5.74, 6) is -0.197. The summed E-state index contributed by atoms with van der Waals surface area (Å²) >= 11 is 3.41. The molecule has 2 heterocycles. The lowest BCUT2D eigenvalue weighted by Gasteiger charge is -1.97. The predicted molar refractivity (Wildman–Crippen MR) is 83.2 cm³/mol.